The maximum atomic E-state index is 12.5. The lowest BCUT2D eigenvalue weighted by Gasteiger charge is -2.26. The van der Waals surface area contributed by atoms with Gasteiger partial charge in [-0.25, -0.2) is 9.97 Å². The Morgan fingerprint density at radius 2 is 2.09 bits per heavy atom. The molecule has 2 aromatic heterocycles. The fraction of sp³-hybridized carbons (Fsp3) is 0.208. The normalized spacial score (nSPS) is 16.0. The second kappa shape index (κ2) is 9.10. The minimum Gasteiger partial charge on any atom is -0.485 e. The third kappa shape index (κ3) is 4.51. The molecule has 0 saturated carbocycles. The molecule has 0 fully saturated rings. The second-order valence-corrected chi connectivity index (χ2v) is 9.40. The summed E-state index contributed by atoms with van der Waals surface area (Å²) in [7, 11) is 0. The van der Waals surface area contributed by atoms with E-state index in [0.717, 1.165) is 29.2 Å². The number of amides is 1. The van der Waals surface area contributed by atoms with Crippen molar-refractivity contribution in [1.82, 2.24) is 15.3 Å². The third-order valence-corrected chi connectivity index (χ3v) is 7.06. The van der Waals surface area contributed by atoms with Gasteiger partial charge in [0.2, 0.25) is 0 Å². The minimum atomic E-state index is -0.189. The molecule has 1 aliphatic heterocycles. The number of hydrogen-bond donors (Lipinski definition) is 1. The Hall–Kier alpha value is -3.23. The van der Waals surface area contributed by atoms with Crippen molar-refractivity contribution in [1.29, 1.82) is 0 Å². The molecule has 0 spiro atoms. The maximum Gasteiger partial charge on any atom is 0.279 e. The van der Waals surface area contributed by atoms with Crippen molar-refractivity contribution in [3.05, 3.63) is 87.3 Å². The number of benzene rings is 2. The molecular weight excluding hydrogens is 442 g/mol. The fourth-order valence-corrected chi connectivity index (χ4v) is 4.95. The van der Waals surface area contributed by atoms with Gasteiger partial charge in [-0.15, -0.1) is 11.3 Å². The van der Waals surface area contributed by atoms with Gasteiger partial charge in [0.15, 0.2) is 0 Å². The SMILES string of the molecule is C[C@H](NC(=O)c1cnc(Oc2ccc3c(c2)CCC(c2ccccc2)O3)s1)c1nccs1. The van der Waals surface area contributed by atoms with Crippen LogP contribution in [-0.2, 0) is 6.42 Å². The molecule has 0 radical (unpaired) electrons. The molecule has 3 heterocycles. The van der Waals surface area contributed by atoms with E-state index in [9.17, 15) is 4.79 Å². The maximum absolute atomic E-state index is 12.5. The van der Waals surface area contributed by atoms with Crippen LogP contribution in [0.15, 0.2) is 66.3 Å². The number of aromatic nitrogens is 2. The first kappa shape index (κ1) is 20.7. The van der Waals surface area contributed by atoms with Crippen molar-refractivity contribution in [2.24, 2.45) is 0 Å². The van der Waals surface area contributed by atoms with E-state index in [2.05, 4.69) is 27.4 Å². The van der Waals surface area contributed by atoms with Crippen molar-refractivity contribution in [2.75, 3.05) is 0 Å². The average Bonchev–Trinajstić information content (AvgIpc) is 3.52. The summed E-state index contributed by atoms with van der Waals surface area (Å²) in [6.45, 7) is 1.91. The number of ether oxygens (including phenoxy) is 2. The third-order valence-electron chi connectivity index (χ3n) is 5.23. The number of fused-ring (bicyclic) bond motifs is 1. The van der Waals surface area contributed by atoms with Gasteiger partial charge in [0.05, 0.1) is 12.2 Å². The minimum absolute atomic E-state index is 0.0715. The fourth-order valence-electron chi connectivity index (χ4n) is 3.62. The van der Waals surface area contributed by atoms with E-state index >= 15 is 0 Å². The van der Waals surface area contributed by atoms with Gasteiger partial charge in [-0.1, -0.05) is 41.7 Å². The molecule has 8 heteroatoms. The van der Waals surface area contributed by atoms with Crippen LogP contribution in [0, 0.1) is 0 Å². The Morgan fingerprint density at radius 1 is 1.22 bits per heavy atom. The average molecular weight is 464 g/mol. The topological polar surface area (TPSA) is 73.3 Å². The van der Waals surface area contributed by atoms with Crippen molar-refractivity contribution in [3.63, 3.8) is 0 Å². The first-order valence-electron chi connectivity index (χ1n) is 10.3. The number of carbonyl (C=O) groups excluding carboxylic acids is 1. The smallest absolute Gasteiger partial charge is 0.279 e. The zero-order valence-electron chi connectivity index (χ0n) is 17.4. The first-order chi connectivity index (χ1) is 15.7. The number of nitrogens with zero attached hydrogens (tertiary/aromatic N) is 2. The Bertz CT molecular complexity index is 1210. The Kier molecular flexibility index (Phi) is 5.87. The van der Waals surface area contributed by atoms with Gasteiger partial charge in [-0.05, 0) is 49.1 Å². The monoisotopic (exact) mass is 463 g/mol. The molecule has 1 N–H and O–H groups in total. The molecule has 1 amide bonds. The second-order valence-electron chi connectivity index (χ2n) is 7.48. The standard InChI is InChI=1S/C24H21N3O3S2/c1-15(23-25-11-12-31-23)27-22(28)21-14-26-24(32-21)29-18-8-10-20-17(13-18)7-9-19(30-20)16-5-3-2-4-6-16/h2-6,8,10-15,19H,7,9H2,1H3,(H,27,28)/t15-,19?/m0/s1. The van der Waals surface area contributed by atoms with Gasteiger partial charge in [-0.2, -0.15) is 0 Å². The molecule has 6 nitrogen and oxygen atoms in total. The lowest BCUT2D eigenvalue weighted by Crippen LogP contribution is -2.25. The molecule has 0 aliphatic carbocycles. The first-order valence-corrected chi connectivity index (χ1v) is 12.0. The van der Waals surface area contributed by atoms with E-state index in [1.165, 1.54) is 34.4 Å². The molecule has 0 saturated heterocycles. The molecule has 5 rings (SSSR count). The highest BCUT2D eigenvalue weighted by Gasteiger charge is 2.22. The Labute approximate surface area is 193 Å². The molecule has 162 valence electrons. The van der Waals surface area contributed by atoms with E-state index < -0.39 is 0 Å². The number of aryl methyl sites for hydroxylation is 1. The predicted molar refractivity (Wildman–Crippen MR) is 125 cm³/mol. The zero-order valence-corrected chi connectivity index (χ0v) is 19.0. The predicted octanol–water partition coefficient (Wildman–Crippen LogP) is 5.95. The highest BCUT2D eigenvalue weighted by Crippen LogP contribution is 2.38. The van der Waals surface area contributed by atoms with E-state index in [1.54, 1.807) is 6.20 Å². The van der Waals surface area contributed by atoms with Crippen molar-refractivity contribution in [3.8, 4) is 16.7 Å². The van der Waals surface area contributed by atoms with E-state index in [1.807, 2.05) is 48.7 Å². The Balaban J connectivity index is 1.23. The van der Waals surface area contributed by atoms with E-state index in [-0.39, 0.29) is 18.1 Å². The number of hydrogen-bond acceptors (Lipinski definition) is 7. The van der Waals surface area contributed by atoms with Gasteiger partial charge in [-0.3, -0.25) is 4.79 Å². The van der Waals surface area contributed by atoms with Crippen LogP contribution in [0.25, 0.3) is 0 Å². The Morgan fingerprint density at radius 3 is 2.91 bits per heavy atom. The van der Waals surface area contributed by atoms with Crippen LogP contribution in [0.2, 0.25) is 0 Å². The molecule has 0 bridgehead atoms. The molecule has 2 aromatic carbocycles. The zero-order chi connectivity index (χ0) is 21.9. The van der Waals surface area contributed by atoms with Crippen LogP contribution in [0.3, 0.4) is 0 Å². The molecule has 2 atom stereocenters. The largest absolute Gasteiger partial charge is 0.485 e. The van der Waals surface area contributed by atoms with E-state index in [4.69, 9.17) is 9.47 Å². The van der Waals surface area contributed by atoms with Crippen molar-refractivity contribution in [2.45, 2.75) is 31.9 Å². The number of carbonyl (C=O) groups is 1. The summed E-state index contributed by atoms with van der Waals surface area (Å²) in [5, 5.41) is 6.13. The van der Waals surface area contributed by atoms with Crippen LogP contribution >= 0.6 is 22.7 Å². The van der Waals surface area contributed by atoms with E-state index in [0.29, 0.717) is 15.8 Å². The summed E-state index contributed by atoms with van der Waals surface area (Å²) < 4.78 is 12.1. The molecule has 32 heavy (non-hydrogen) atoms. The highest BCUT2D eigenvalue weighted by atomic mass is 32.1. The summed E-state index contributed by atoms with van der Waals surface area (Å²) in [5.41, 5.74) is 2.30. The molecule has 1 unspecified atom stereocenters. The van der Waals surface area contributed by atoms with Crippen molar-refractivity contribution < 1.29 is 14.3 Å². The van der Waals surface area contributed by atoms with Crippen LogP contribution in [0.4, 0.5) is 0 Å². The van der Waals surface area contributed by atoms with Gasteiger partial charge >= 0.3 is 0 Å². The van der Waals surface area contributed by atoms with Crippen LogP contribution < -0.4 is 14.8 Å². The molecular formula is C24H21N3O3S2. The molecule has 4 aromatic rings. The summed E-state index contributed by atoms with van der Waals surface area (Å²) >= 11 is 2.73. The summed E-state index contributed by atoms with van der Waals surface area (Å²) in [6.07, 6.45) is 5.16. The van der Waals surface area contributed by atoms with Gasteiger partial charge in [0.1, 0.15) is 27.5 Å². The lowest BCUT2D eigenvalue weighted by atomic mass is 9.97. The van der Waals surface area contributed by atoms with Crippen molar-refractivity contribution >= 4 is 28.6 Å². The number of thiazole rings is 2. The summed E-state index contributed by atoms with van der Waals surface area (Å²) in [6, 6.07) is 15.9. The summed E-state index contributed by atoms with van der Waals surface area (Å²) in [5.74, 6) is 1.38. The van der Waals surface area contributed by atoms with Gasteiger partial charge in [0, 0.05) is 11.6 Å². The van der Waals surface area contributed by atoms with Gasteiger partial charge < -0.3 is 14.8 Å². The van der Waals surface area contributed by atoms with Crippen LogP contribution in [0.1, 0.15) is 51.3 Å². The van der Waals surface area contributed by atoms with Crippen LogP contribution in [-0.4, -0.2) is 15.9 Å². The van der Waals surface area contributed by atoms with Crippen LogP contribution in [0.5, 0.6) is 16.7 Å². The van der Waals surface area contributed by atoms with Gasteiger partial charge in [0.25, 0.3) is 11.1 Å². The summed E-state index contributed by atoms with van der Waals surface area (Å²) in [4.78, 5) is 21.5. The lowest BCUT2D eigenvalue weighted by molar-refractivity contribution is 0.0943. The quantitative estimate of drug-likeness (QED) is 0.383. The molecule has 1 aliphatic rings. The number of rotatable bonds is 6. The number of nitrogens with one attached hydrogen (secondary N) is 1. The highest BCUT2D eigenvalue weighted by molar-refractivity contribution is 7.15.